The van der Waals surface area contributed by atoms with Crippen molar-refractivity contribution in [2.75, 3.05) is 19.5 Å². The molecular weight excluding hydrogens is 276 g/mol. The van der Waals surface area contributed by atoms with E-state index in [2.05, 4.69) is 22.4 Å². The number of carbonyl (C=O) groups excluding carboxylic acids is 1. The van der Waals surface area contributed by atoms with Gasteiger partial charge in [0.05, 0.1) is 24.5 Å². The van der Waals surface area contributed by atoms with Crippen molar-refractivity contribution in [1.82, 2.24) is 15.5 Å². The first-order valence-electron chi connectivity index (χ1n) is 6.46. The number of nitrogen functional groups attached to an aromatic ring is 1. The van der Waals surface area contributed by atoms with Gasteiger partial charge in [0.15, 0.2) is 0 Å². The second-order valence-corrected chi connectivity index (χ2v) is 5.51. The van der Waals surface area contributed by atoms with Crippen LogP contribution in [0.4, 0.5) is 5.69 Å². The zero-order valence-corrected chi connectivity index (χ0v) is 12.4. The quantitative estimate of drug-likeness (QED) is 0.848. The van der Waals surface area contributed by atoms with Gasteiger partial charge < -0.3 is 15.8 Å². The third-order valence-electron chi connectivity index (χ3n) is 2.97. The van der Waals surface area contributed by atoms with Gasteiger partial charge in [0, 0.05) is 12.5 Å². The monoisotopic (exact) mass is 294 g/mol. The standard InChI is InChI=1S/C13H18N4O2S/c1-3-4-8(7-19-2)16-12(18)11-10(14)9-5-6-15-17-13(9)20-11/h5-6,8H,3-4,7,14H2,1-2H3,(H,16,18). The van der Waals surface area contributed by atoms with Gasteiger partial charge in [-0.25, -0.2) is 0 Å². The SMILES string of the molecule is CCCC(COC)NC(=O)c1sc2nnccc2c1N. The summed E-state index contributed by atoms with van der Waals surface area (Å²) >= 11 is 1.26. The van der Waals surface area contributed by atoms with Gasteiger partial charge in [-0.2, -0.15) is 5.10 Å². The Morgan fingerprint density at radius 3 is 3.05 bits per heavy atom. The lowest BCUT2D eigenvalue weighted by Gasteiger charge is -2.16. The molecule has 0 fully saturated rings. The lowest BCUT2D eigenvalue weighted by atomic mass is 10.1. The van der Waals surface area contributed by atoms with Crippen molar-refractivity contribution in [3.8, 4) is 0 Å². The van der Waals surface area contributed by atoms with Gasteiger partial charge in [0.25, 0.3) is 5.91 Å². The van der Waals surface area contributed by atoms with Crippen molar-refractivity contribution in [1.29, 1.82) is 0 Å². The first kappa shape index (κ1) is 14.7. The van der Waals surface area contributed by atoms with Crippen molar-refractivity contribution < 1.29 is 9.53 Å². The molecule has 2 aromatic rings. The second kappa shape index (κ2) is 6.62. The molecule has 2 aromatic heterocycles. The zero-order chi connectivity index (χ0) is 14.5. The Bertz CT molecular complexity index is 593. The van der Waals surface area contributed by atoms with Crippen LogP contribution in [-0.2, 0) is 4.74 Å². The maximum atomic E-state index is 12.3. The average molecular weight is 294 g/mol. The number of ether oxygens (including phenoxy) is 1. The van der Waals surface area contributed by atoms with Crippen LogP contribution in [-0.4, -0.2) is 35.9 Å². The molecule has 1 unspecified atom stereocenters. The van der Waals surface area contributed by atoms with Gasteiger partial charge in [-0.05, 0) is 12.5 Å². The van der Waals surface area contributed by atoms with Crippen LogP contribution in [0.3, 0.4) is 0 Å². The average Bonchev–Trinajstić information content (AvgIpc) is 2.77. The fraction of sp³-hybridized carbons (Fsp3) is 0.462. The molecule has 1 atom stereocenters. The third kappa shape index (κ3) is 3.05. The molecule has 108 valence electrons. The molecule has 0 aliphatic heterocycles. The van der Waals surface area contributed by atoms with Crippen LogP contribution in [0.5, 0.6) is 0 Å². The Hall–Kier alpha value is -1.73. The highest BCUT2D eigenvalue weighted by Gasteiger charge is 2.19. The van der Waals surface area contributed by atoms with Crippen molar-refractivity contribution in [3.63, 3.8) is 0 Å². The summed E-state index contributed by atoms with van der Waals surface area (Å²) in [7, 11) is 1.62. The first-order valence-corrected chi connectivity index (χ1v) is 7.28. The Morgan fingerprint density at radius 2 is 2.40 bits per heavy atom. The number of hydrogen-bond donors (Lipinski definition) is 2. The maximum absolute atomic E-state index is 12.3. The van der Waals surface area contributed by atoms with E-state index in [1.54, 1.807) is 19.4 Å². The molecule has 0 spiro atoms. The number of nitrogens with two attached hydrogens (primary N) is 1. The lowest BCUT2D eigenvalue weighted by Crippen LogP contribution is -2.37. The highest BCUT2D eigenvalue weighted by atomic mass is 32.1. The smallest absolute Gasteiger partial charge is 0.263 e. The molecule has 0 radical (unpaired) electrons. The van der Waals surface area contributed by atoms with Crippen LogP contribution in [0.25, 0.3) is 10.2 Å². The van der Waals surface area contributed by atoms with Crippen LogP contribution in [0.1, 0.15) is 29.4 Å². The van der Waals surface area contributed by atoms with E-state index >= 15 is 0 Å². The van der Waals surface area contributed by atoms with Gasteiger partial charge >= 0.3 is 0 Å². The second-order valence-electron chi connectivity index (χ2n) is 4.51. The topological polar surface area (TPSA) is 90.1 Å². The van der Waals surface area contributed by atoms with Gasteiger partial charge in [0.2, 0.25) is 0 Å². The molecule has 20 heavy (non-hydrogen) atoms. The molecule has 3 N–H and O–H groups in total. The maximum Gasteiger partial charge on any atom is 0.263 e. The summed E-state index contributed by atoms with van der Waals surface area (Å²) in [6.45, 7) is 2.56. The number of carbonyl (C=O) groups is 1. The molecule has 2 heterocycles. The molecule has 7 heteroatoms. The third-order valence-corrected chi connectivity index (χ3v) is 4.07. The van der Waals surface area contributed by atoms with Gasteiger partial charge in [-0.15, -0.1) is 16.4 Å². The number of nitrogens with one attached hydrogen (secondary N) is 1. The number of rotatable bonds is 6. The summed E-state index contributed by atoms with van der Waals surface area (Å²) in [6, 6.07) is 1.76. The number of methoxy groups -OCH3 is 1. The van der Waals surface area contributed by atoms with Crippen LogP contribution >= 0.6 is 11.3 Å². The van der Waals surface area contributed by atoms with E-state index in [-0.39, 0.29) is 11.9 Å². The molecule has 0 saturated heterocycles. The molecule has 6 nitrogen and oxygen atoms in total. The largest absolute Gasteiger partial charge is 0.397 e. The highest BCUT2D eigenvalue weighted by Crippen LogP contribution is 2.31. The molecule has 1 amide bonds. The predicted octanol–water partition coefficient (Wildman–Crippen LogP) is 1.82. The van der Waals surface area contributed by atoms with E-state index in [0.717, 1.165) is 18.2 Å². The predicted molar refractivity (Wildman–Crippen MR) is 79.9 cm³/mol. The Balaban J connectivity index is 2.20. The number of fused-ring (bicyclic) bond motifs is 1. The Labute approximate surface area is 121 Å². The fourth-order valence-electron chi connectivity index (χ4n) is 2.04. The lowest BCUT2D eigenvalue weighted by molar-refractivity contribution is 0.0896. The molecule has 0 aliphatic rings. The van der Waals surface area contributed by atoms with Crippen LogP contribution < -0.4 is 11.1 Å². The van der Waals surface area contributed by atoms with E-state index in [4.69, 9.17) is 10.5 Å². The van der Waals surface area contributed by atoms with E-state index < -0.39 is 0 Å². The van der Waals surface area contributed by atoms with Gasteiger partial charge in [0.1, 0.15) is 9.71 Å². The van der Waals surface area contributed by atoms with Crippen molar-refractivity contribution in [2.45, 2.75) is 25.8 Å². The van der Waals surface area contributed by atoms with Crippen LogP contribution in [0, 0.1) is 0 Å². The minimum atomic E-state index is -0.180. The summed E-state index contributed by atoms with van der Waals surface area (Å²) in [4.78, 5) is 13.5. The van der Waals surface area contributed by atoms with Crippen molar-refractivity contribution in [2.24, 2.45) is 0 Å². The number of thiophene rings is 1. The molecule has 2 rings (SSSR count). The normalized spacial score (nSPS) is 12.5. The van der Waals surface area contributed by atoms with Gasteiger partial charge in [-0.1, -0.05) is 13.3 Å². The summed E-state index contributed by atoms with van der Waals surface area (Å²) in [5.41, 5.74) is 6.48. The molecule has 0 aliphatic carbocycles. The summed E-state index contributed by atoms with van der Waals surface area (Å²) in [5, 5.41) is 11.5. The molecule has 0 bridgehead atoms. The van der Waals surface area contributed by atoms with E-state index in [1.807, 2.05) is 0 Å². The van der Waals surface area contributed by atoms with Gasteiger partial charge in [-0.3, -0.25) is 4.79 Å². The van der Waals surface area contributed by atoms with Crippen LogP contribution in [0.2, 0.25) is 0 Å². The first-order chi connectivity index (χ1) is 9.67. The highest BCUT2D eigenvalue weighted by molar-refractivity contribution is 7.21. The Kier molecular flexibility index (Phi) is 4.86. The van der Waals surface area contributed by atoms with E-state index in [9.17, 15) is 4.79 Å². The number of hydrogen-bond acceptors (Lipinski definition) is 6. The zero-order valence-electron chi connectivity index (χ0n) is 11.5. The number of anilines is 1. The van der Waals surface area contributed by atoms with Crippen molar-refractivity contribution >= 4 is 33.1 Å². The summed E-state index contributed by atoms with van der Waals surface area (Å²) in [5.74, 6) is -0.180. The molecule has 0 aromatic carbocycles. The molecule has 0 saturated carbocycles. The molecular formula is C13H18N4O2S. The Morgan fingerprint density at radius 1 is 1.60 bits per heavy atom. The summed E-state index contributed by atoms with van der Waals surface area (Å²) < 4.78 is 5.12. The van der Waals surface area contributed by atoms with Crippen LogP contribution in [0.15, 0.2) is 12.3 Å². The fourth-order valence-corrected chi connectivity index (χ4v) is 2.98. The van der Waals surface area contributed by atoms with Crippen molar-refractivity contribution in [3.05, 3.63) is 17.1 Å². The summed E-state index contributed by atoms with van der Waals surface area (Å²) in [6.07, 6.45) is 3.41. The van der Waals surface area contributed by atoms with E-state index in [1.165, 1.54) is 11.3 Å². The number of aromatic nitrogens is 2. The minimum absolute atomic E-state index is 0.00630. The number of nitrogens with zero attached hydrogens (tertiary/aromatic N) is 2. The number of amides is 1. The minimum Gasteiger partial charge on any atom is -0.397 e. The van der Waals surface area contributed by atoms with E-state index in [0.29, 0.717) is 22.0 Å².